The topological polar surface area (TPSA) is 37.8 Å². The van der Waals surface area contributed by atoms with Gasteiger partial charge in [-0.1, -0.05) is 19.3 Å². The SMILES string of the molecule is [c]1nccc(NC2CCCCC2)n1. The first-order chi connectivity index (χ1) is 6.45. The van der Waals surface area contributed by atoms with Crippen LogP contribution in [-0.4, -0.2) is 16.0 Å². The first-order valence-corrected chi connectivity index (χ1v) is 4.91. The van der Waals surface area contributed by atoms with Crippen molar-refractivity contribution >= 4 is 5.82 Å². The molecule has 1 saturated carbocycles. The number of anilines is 1. The highest BCUT2D eigenvalue weighted by molar-refractivity contribution is 5.32. The van der Waals surface area contributed by atoms with Crippen molar-refractivity contribution in [1.29, 1.82) is 0 Å². The Balaban J connectivity index is 1.90. The van der Waals surface area contributed by atoms with Crippen molar-refractivity contribution in [1.82, 2.24) is 9.97 Å². The van der Waals surface area contributed by atoms with Crippen molar-refractivity contribution in [3.8, 4) is 0 Å². The van der Waals surface area contributed by atoms with Gasteiger partial charge in [-0.05, 0) is 18.9 Å². The van der Waals surface area contributed by atoms with Crippen LogP contribution in [0.2, 0.25) is 0 Å². The van der Waals surface area contributed by atoms with Gasteiger partial charge in [0.15, 0.2) is 6.33 Å². The highest BCUT2D eigenvalue weighted by Gasteiger charge is 2.12. The zero-order chi connectivity index (χ0) is 8.93. The second-order valence-corrected chi connectivity index (χ2v) is 3.52. The minimum Gasteiger partial charge on any atom is -0.367 e. The second-order valence-electron chi connectivity index (χ2n) is 3.52. The van der Waals surface area contributed by atoms with Crippen LogP contribution in [0.15, 0.2) is 12.3 Å². The van der Waals surface area contributed by atoms with Gasteiger partial charge >= 0.3 is 0 Å². The Morgan fingerprint density at radius 2 is 2.15 bits per heavy atom. The molecule has 1 heterocycles. The molecule has 13 heavy (non-hydrogen) atoms. The number of nitrogens with zero attached hydrogens (tertiary/aromatic N) is 2. The standard InChI is InChI=1S/C10H14N3/c1-2-4-9(5-3-1)13-10-6-7-11-8-12-10/h6-7,9H,1-5H2,(H,11,12,13). The number of rotatable bonds is 2. The Kier molecular flexibility index (Phi) is 2.75. The lowest BCUT2D eigenvalue weighted by molar-refractivity contribution is 0.462. The molecule has 2 rings (SSSR count). The molecule has 0 bridgehead atoms. The van der Waals surface area contributed by atoms with Crippen molar-refractivity contribution in [2.45, 2.75) is 38.1 Å². The highest BCUT2D eigenvalue weighted by atomic mass is 15.0. The van der Waals surface area contributed by atoms with E-state index in [0.717, 1.165) is 5.82 Å². The summed E-state index contributed by atoms with van der Waals surface area (Å²) >= 11 is 0. The fourth-order valence-corrected chi connectivity index (χ4v) is 1.80. The summed E-state index contributed by atoms with van der Waals surface area (Å²) in [7, 11) is 0. The van der Waals surface area contributed by atoms with E-state index in [4.69, 9.17) is 0 Å². The van der Waals surface area contributed by atoms with Crippen molar-refractivity contribution in [3.63, 3.8) is 0 Å². The third-order valence-corrected chi connectivity index (χ3v) is 2.49. The molecule has 1 aliphatic rings. The lowest BCUT2D eigenvalue weighted by Crippen LogP contribution is -2.22. The normalized spacial score (nSPS) is 18.5. The second kappa shape index (κ2) is 4.21. The van der Waals surface area contributed by atoms with Crippen LogP contribution in [0, 0.1) is 6.33 Å². The summed E-state index contributed by atoms with van der Waals surface area (Å²) in [4.78, 5) is 7.79. The van der Waals surface area contributed by atoms with Crippen LogP contribution in [0.3, 0.4) is 0 Å². The fraction of sp³-hybridized carbons (Fsp3) is 0.600. The molecule has 1 aromatic rings. The van der Waals surface area contributed by atoms with Crippen LogP contribution in [0.5, 0.6) is 0 Å². The van der Waals surface area contributed by atoms with Crippen molar-refractivity contribution in [2.24, 2.45) is 0 Å². The van der Waals surface area contributed by atoms with Gasteiger partial charge in [0.25, 0.3) is 0 Å². The minimum absolute atomic E-state index is 0.608. The summed E-state index contributed by atoms with van der Waals surface area (Å²) in [5, 5.41) is 3.40. The van der Waals surface area contributed by atoms with E-state index < -0.39 is 0 Å². The van der Waals surface area contributed by atoms with Crippen molar-refractivity contribution in [2.75, 3.05) is 5.32 Å². The van der Waals surface area contributed by atoms with Gasteiger partial charge in [0, 0.05) is 12.2 Å². The van der Waals surface area contributed by atoms with Crippen LogP contribution in [-0.2, 0) is 0 Å². The summed E-state index contributed by atoms with van der Waals surface area (Å²) in [6.07, 6.45) is 10.9. The number of hydrogen-bond acceptors (Lipinski definition) is 3. The third-order valence-electron chi connectivity index (χ3n) is 2.49. The molecule has 0 saturated heterocycles. The predicted octanol–water partition coefficient (Wildman–Crippen LogP) is 2.02. The predicted molar refractivity (Wildman–Crippen MR) is 51.4 cm³/mol. The van der Waals surface area contributed by atoms with E-state index in [0.29, 0.717) is 6.04 Å². The molecule has 3 nitrogen and oxygen atoms in total. The van der Waals surface area contributed by atoms with Crippen LogP contribution >= 0.6 is 0 Å². The van der Waals surface area contributed by atoms with E-state index >= 15 is 0 Å². The molecular formula is C10H14N3. The molecule has 69 valence electrons. The Morgan fingerprint density at radius 1 is 1.31 bits per heavy atom. The average molecular weight is 176 g/mol. The third kappa shape index (κ3) is 2.41. The van der Waals surface area contributed by atoms with E-state index in [-0.39, 0.29) is 0 Å². The number of aromatic nitrogens is 2. The Hall–Kier alpha value is -1.12. The Bertz CT molecular complexity index is 242. The maximum atomic E-state index is 4.03. The lowest BCUT2D eigenvalue weighted by Gasteiger charge is -2.22. The van der Waals surface area contributed by atoms with Crippen LogP contribution < -0.4 is 5.32 Å². The molecule has 0 atom stereocenters. The van der Waals surface area contributed by atoms with Crippen LogP contribution in [0.1, 0.15) is 32.1 Å². The van der Waals surface area contributed by atoms with E-state index in [1.165, 1.54) is 32.1 Å². The Labute approximate surface area is 78.6 Å². The maximum absolute atomic E-state index is 4.03. The molecule has 1 fully saturated rings. The van der Waals surface area contributed by atoms with Crippen LogP contribution in [0.4, 0.5) is 5.82 Å². The molecule has 0 amide bonds. The van der Waals surface area contributed by atoms with Gasteiger partial charge in [-0.3, -0.25) is 0 Å². The van der Waals surface area contributed by atoms with E-state index in [1.54, 1.807) is 6.20 Å². The summed E-state index contributed by atoms with van der Waals surface area (Å²) in [5.74, 6) is 0.905. The zero-order valence-corrected chi connectivity index (χ0v) is 7.66. The lowest BCUT2D eigenvalue weighted by atomic mass is 9.95. The molecule has 0 aromatic carbocycles. The maximum Gasteiger partial charge on any atom is 0.199 e. The van der Waals surface area contributed by atoms with Gasteiger partial charge in [-0.2, -0.15) is 0 Å². The monoisotopic (exact) mass is 176 g/mol. The molecular weight excluding hydrogens is 162 g/mol. The van der Waals surface area contributed by atoms with Crippen molar-refractivity contribution < 1.29 is 0 Å². The first kappa shape index (κ1) is 8.48. The van der Waals surface area contributed by atoms with E-state index in [2.05, 4.69) is 21.6 Å². The summed E-state index contributed by atoms with van der Waals surface area (Å²) < 4.78 is 0. The number of hydrogen-bond donors (Lipinski definition) is 1. The summed E-state index contributed by atoms with van der Waals surface area (Å²) in [6, 6.07) is 2.50. The van der Waals surface area contributed by atoms with Gasteiger partial charge in [0.1, 0.15) is 5.82 Å². The van der Waals surface area contributed by atoms with Crippen molar-refractivity contribution in [3.05, 3.63) is 18.6 Å². The molecule has 1 aromatic heterocycles. The molecule has 3 heteroatoms. The highest BCUT2D eigenvalue weighted by Crippen LogP contribution is 2.20. The molecule has 1 aliphatic carbocycles. The molecule has 1 radical (unpaired) electrons. The van der Waals surface area contributed by atoms with E-state index in [1.807, 2.05) is 6.07 Å². The smallest absolute Gasteiger partial charge is 0.199 e. The number of nitrogens with one attached hydrogen (secondary N) is 1. The molecule has 0 spiro atoms. The van der Waals surface area contributed by atoms with Crippen LogP contribution in [0.25, 0.3) is 0 Å². The van der Waals surface area contributed by atoms with Gasteiger partial charge in [-0.25, -0.2) is 9.97 Å². The van der Waals surface area contributed by atoms with Gasteiger partial charge < -0.3 is 5.32 Å². The van der Waals surface area contributed by atoms with Gasteiger partial charge in [0.05, 0.1) is 0 Å². The molecule has 0 unspecified atom stereocenters. The average Bonchev–Trinajstić information content (AvgIpc) is 2.21. The summed E-state index contributed by atoms with van der Waals surface area (Å²) in [5.41, 5.74) is 0. The first-order valence-electron chi connectivity index (χ1n) is 4.91. The fourth-order valence-electron chi connectivity index (χ4n) is 1.80. The minimum atomic E-state index is 0.608. The van der Waals surface area contributed by atoms with E-state index in [9.17, 15) is 0 Å². The molecule has 1 N–H and O–H groups in total. The van der Waals surface area contributed by atoms with Gasteiger partial charge in [-0.15, -0.1) is 0 Å². The van der Waals surface area contributed by atoms with Gasteiger partial charge in [0.2, 0.25) is 0 Å². The quantitative estimate of drug-likeness (QED) is 0.749. The largest absolute Gasteiger partial charge is 0.367 e. The zero-order valence-electron chi connectivity index (χ0n) is 7.66. The Morgan fingerprint density at radius 3 is 2.85 bits per heavy atom. The molecule has 0 aliphatic heterocycles. The summed E-state index contributed by atoms with van der Waals surface area (Å²) in [6.45, 7) is 0.